The molecule has 0 fully saturated rings. The number of sulfone groups is 1. The van der Waals surface area contributed by atoms with Crippen LogP contribution in [0.2, 0.25) is 0 Å². The molecule has 4 rings (SSSR count). The normalized spacial score (nSPS) is 11.5. The van der Waals surface area contributed by atoms with E-state index in [1.54, 1.807) is 37.4 Å². The third-order valence-corrected chi connectivity index (χ3v) is 6.26. The van der Waals surface area contributed by atoms with Crippen LogP contribution in [0.3, 0.4) is 0 Å². The van der Waals surface area contributed by atoms with E-state index in [1.165, 1.54) is 42.3 Å². The smallest absolute Gasteiger partial charge is 0.274 e. The van der Waals surface area contributed by atoms with Crippen LogP contribution in [0.5, 0.6) is 5.88 Å². The maximum absolute atomic E-state index is 12.9. The summed E-state index contributed by atoms with van der Waals surface area (Å²) in [5.41, 5.74) is 1.07. The number of rotatable bonds is 5. The van der Waals surface area contributed by atoms with Gasteiger partial charge in [-0.05, 0) is 42.8 Å². The van der Waals surface area contributed by atoms with Crippen molar-refractivity contribution in [2.45, 2.75) is 23.4 Å². The number of benzene rings is 1. The van der Waals surface area contributed by atoms with Crippen LogP contribution in [0.25, 0.3) is 10.8 Å². The molecular weight excluding hydrogens is 404 g/mol. The van der Waals surface area contributed by atoms with Crippen molar-refractivity contribution < 1.29 is 13.2 Å². The predicted molar refractivity (Wildman–Crippen MR) is 110 cm³/mol. The number of hydrogen-bond acceptors (Lipinski definition) is 7. The largest absolute Gasteiger partial charge is 0.481 e. The highest BCUT2D eigenvalue weighted by Gasteiger charge is 2.20. The average Bonchev–Trinajstić information content (AvgIpc) is 2.76. The van der Waals surface area contributed by atoms with Crippen molar-refractivity contribution in [1.82, 2.24) is 19.7 Å². The molecule has 0 aliphatic heterocycles. The van der Waals surface area contributed by atoms with E-state index in [9.17, 15) is 13.2 Å². The fraction of sp³-hybridized carbons (Fsp3) is 0.143. The van der Waals surface area contributed by atoms with E-state index in [1.807, 2.05) is 0 Å². The molecule has 0 saturated carbocycles. The number of pyridine rings is 2. The summed E-state index contributed by atoms with van der Waals surface area (Å²) in [7, 11) is -2.27. The molecule has 0 radical (unpaired) electrons. The summed E-state index contributed by atoms with van der Waals surface area (Å²) < 4.78 is 32.1. The molecular formula is C21H18N4O4S. The van der Waals surface area contributed by atoms with Gasteiger partial charge in [-0.3, -0.25) is 4.79 Å². The Hall–Kier alpha value is -3.59. The standard InChI is InChI=1S/C21H18N4O4S/c1-14-4-3-5-20(24-14)30(27,28)17-7-8-18-16(10-17)12-23-25(21(18)26)13-15-6-9-19(29-2)22-11-15/h3-12H,13H2,1-2H3. The van der Waals surface area contributed by atoms with Crippen LogP contribution in [0.1, 0.15) is 11.3 Å². The Balaban J connectivity index is 1.71. The molecule has 9 heteroatoms. The lowest BCUT2D eigenvalue weighted by Crippen LogP contribution is -2.23. The lowest BCUT2D eigenvalue weighted by molar-refractivity contribution is 0.397. The molecule has 0 atom stereocenters. The van der Waals surface area contributed by atoms with Crippen molar-refractivity contribution in [3.05, 3.63) is 82.5 Å². The van der Waals surface area contributed by atoms with Crippen molar-refractivity contribution in [2.75, 3.05) is 7.11 Å². The summed E-state index contributed by atoms with van der Waals surface area (Å²) in [4.78, 5) is 21.1. The van der Waals surface area contributed by atoms with Crippen LogP contribution in [-0.2, 0) is 16.4 Å². The minimum Gasteiger partial charge on any atom is -0.481 e. The molecule has 3 heterocycles. The van der Waals surface area contributed by atoms with Gasteiger partial charge in [-0.25, -0.2) is 23.1 Å². The first-order valence-corrected chi connectivity index (χ1v) is 10.5. The molecule has 0 saturated heterocycles. The van der Waals surface area contributed by atoms with E-state index in [0.717, 1.165) is 5.56 Å². The van der Waals surface area contributed by atoms with Crippen LogP contribution < -0.4 is 10.3 Å². The highest BCUT2D eigenvalue weighted by molar-refractivity contribution is 7.91. The fourth-order valence-electron chi connectivity index (χ4n) is 3.03. The summed E-state index contributed by atoms with van der Waals surface area (Å²) in [5, 5.41) is 4.98. The topological polar surface area (TPSA) is 104 Å². The molecule has 4 aromatic rings. The molecule has 0 spiro atoms. The number of nitrogens with zero attached hydrogens (tertiary/aromatic N) is 4. The van der Waals surface area contributed by atoms with Gasteiger partial charge in [0.1, 0.15) is 0 Å². The number of ether oxygens (including phenoxy) is 1. The van der Waals surface area contributed by atoms with Gasteiger partial charge >= 0.3 is 0 Å². The SMILES string of the molecule is COc1ccc(Cn2ncc3cc(S(=O)(=O)c4cccc(C)n4)ccc3c2=O)cn1. The zero-order chi connectivity index (χ0) is 21.3. The minimum absolute atomic E-state index is 0.0323. The Morgan fingerprint density at radius 3 is 2.60 bits per heavy atom. The molecule has 30 heavy (non-hydrogen) atoms. The van der Waals surface area contributed by atoms with Crippen LogP contribution in [0.15, 0.2) is 75.6 Å². The first-order valence-electron chi connectivity index (χ1n) is 9.06. The van der Waals surface area contributed by atoms with Crippen molar-refractivity contribution in [1.29, 1.82) is 0 Å². The quantitative estimate of drug-likeness (QED) is 0.486. The van der Waals surface area contributed by atoms with Crippen molar-refractivity contribution in [2.24, 2.45) is 0 Å². The first-order chi connectivity index (χ1) is 14.4. The van der Waals surface area contributed by atoms with Crippen LogP contribution in [0.4, 0.5) is 0 Å². The average molecular weight is 422 g/mol. The molecule has 1 aromatic carbocycles. The second-order valence-corrected chi connectivity index (χ2v) is 8.58. The third-order valence-electron chi connectivity index (χ3n) is 4.61. The molecule has 0 amide bonds. The number of aromatic nitrogens is 4. The predicted octanol–water partition coefficient (Wildman–Crippen LogP) is 2.38. The van der Waals surface area contributed by atoms with Crippen LogP contribution in [0, 0.1) is 6.92 Å². The molecule has 3 aromatic heterocycles. The Morgan fingerprint density at radius 2 is 1.90 bits per heavy atom. The van der Waals surface area contributed by atoms with Crippen LogP contribution in [-0.4, -0.2) is 35.3 Å². The van der Waals surface area contributed by atoms with Gasteiger partial charge in [0, 0.05) is 23.3 Å². The Bertz CT molecular complexity index is 1400. The monoisotopic (exact) mass is 422 g/mol. The zero-order valence-corrected chi connectivity index (χ0v) is 17.1. The summed E-state index contributed by atoms with van der Waals surface area (Å²) in [6.07, 6.45) is 3.10. The molecule has 0 unspecified atom stereocenters. The second-order valence-electron chi connectivity index (χ2n) is 6.69. The lowest BCUT2D eigenvalue weighted by Gasteiger charge is -2.08. The minimum atomic E-state index is -3.80. The van der Waals surface area contributed by atoms with E-state index in [4.69, 9.17) is 4.74 Å². The Morgan fingerprint density at radius 1 is 1.07 bits per heavy atom. The van der Waals surface area contributed by atoms with Gasteiger partial charge < -0.3 is 4.74 Å². The molecule has 0 bridgehead atoms. The molecule has 152 valence electrons. The van der Waals surface area contributed by atoms with Gasteiger partial charge in [-0.2, -0.15) is 5.10 Å². The number of fused-ring (bicyclic) bond motifs is 1. The van der Waals surface area contributed by atoms with Crippen molar-refractivity contribution in [3.8, 4) is 5.88 Å². The molecule has 0 aliphatic carbocycles. The third kappa shape index (κ3) is 3.67. The highest BCUT2D eigenvalue weighted by Crippen LogP contribution is 2.22. The van der Waals surface area contributed by atoms with Gasteiger partial charge in [-0.1, -0.05) is 12.1 Å². The lowest BCUT2D eigenvalue weighted by atomic mass is 10.2. The highest BCUT2D eigenvalue weighted by atomic mass is 32.2. The summed E-state index contributed by atoms with van der Waals surface area (Å²) in [6, 6.07) is 12.7. The molecule has 8 nitrogen and oxygen atoms in total. The van der Waals surface area contributed by atoms with Gasteiger partial charge in [0.2, 0.25) is 15.7 Å². The van der Waals surface area contributed by atoms with Gasteiger partial charge in [-0.15, -0.1) is 0 Å². The van der Waals surface area contributed by atoms with E-state index >= 15 is 0 Å². The molecule has 0 aliphatic rings. The van der Waals surface area contributed by atoms with Crippen LogP contribution >= 0.6 is 0 Å². The molecule has 0 N–H and O–H groups in total. The first kappa shape index (κ1) is 19.7. The second kappa shape index (κ2) is 7.68. The summed E-state index contributed by atoms with van der Waals surface area (Å²) in [6.45, 7) is 1.96. The van der Waals surface area contributed by atoms with Gasteiger partial charge in [0.05, 0.1) is 30.1 Å². The fourth-order valence-corrected chi connectivity index (χ4v) is 4.32. The van der Waals surface area contributed by atoms with Crippen molar-refractivity contribution in [3.63, 3.8) is 0 Å². The van der Waals surface area contributed by atoms with Gasteiger partial charge in [0.25, 0.3) is 5.56 Å². The Labute approximate surface area is 172 Å². The van der Waals surface area contributed by atoms with Crippen molar-refractivity contribution >= 4 is 20.6 Å². The summed E-state index contributed by atoms with van der Waals surface area (Å²) >= 11 is 0. The van der Waals surface area contributed by atoms with E-state index in [2.05, 4.69) is 15.1 Å². The maximum Gasteiger partial charge on any atom is 0.274 e. The Kier molecular flexibility index (Phi) is 5.04. The van der Waals surface area contributed by atoms with E-state index in [-0.39, 0.29) is 22.0 Å². The van der Waals surface area contributed by atoms with E-state index in [0.29, 0.717) is 22.3 Å². The maximum atomic E-state index is 12.9. The van der Waals surface area contributed by atoms with E-state index < -0.39 is 9.84 Å². The number of methoxy groups -OCH3 is 1. The number of aryl methyl sites for hydroxylation is 1. The van der Waals surface area contributed by atoms with Gasteiger partial charge in [0.15, 0.2) is 5.03 Å². The zero-order valence-electron chi connectivity index (χ0n) is 16.3. The number of hydrogen-bond donors (Lipinski definition) is 0. The summed E-state index contributed by atoms with van der Waals surface area (Å²) in [5.74, 6) is 0.481.